The van der Waals surface area contributed by atoms with Crippen LogP contribution < -0.4 is 9.47 Å². The predicted octanol–water partition coefficient (Wildman–Crippen LogP) is 1.99. The number of carbonyl (C=O) groups is 1. The lowest BCUT2D eigenvalue weighted by Crippen LogP contribution is -2.04. The molecule has 1 aromatic carbocycles. The van der Waals surface area contributed by atoms with Crippen molar-refractivity contribution >= 4 is 5.97 Å². The van der Waals surface area contributed by atoms with Crippen molar-refractivity contribution in [3.05, 3.63) is 35.2 Å². The van der Waals surface area contributed by atoms with Crippen molar-refractivity contribution in [3.8, 4) is 17.5 Å². The van der Waals surface area contributed by atoms with Crippen LogP contribution in [-0.4, -0.2) is 33.4 Å². The molecule has 0 fully saturated rings. The number of aryl methyl sites for hydroxylation is 2. The highest BCUT2D eigenvalue weighted by Gasteiger charge is 2.15. The van der Waals surface area contributed by atoms with E-state index in [0.717, 1.165) is 0 Å². The Morgan fingerprint density at radius 2 is 1.95 bits per heavy atom. The van der Waals surface area contributed by atoms with Crippen molar-refractivity contribution < 1.29 is 19.4 Å². The summed E-state index contributed by atoms with van der Waals surface area (Å²) < 4.78 is 10.4. The van der Waals surface area contributed by atoms with E-state index in [1.807, 2.05) is 0 Å². The van der Waals surface area contributed by atoms with Crippen LogP contribution in [0.3, 0.4) is 0 Å². The molecule has 7 heteroatoms. The van der Waals surface area contributed by atoms with Crippen molar-refractivity contribution in [1.82, 2.24) is 15.2 Å². The zero-order valence-corrected chi connectivity index (χ0v) is 11.2. The molecule has 0 aliphatic heterocycles. The molecular weight excluding hydrogens is 262 g/mol. The molecule has 20 heavy (non-hydrogen) atoms. The summed E-state index contributed by atoms with van der Waals surface area (Å²) in [6.45, 7) is 3.54. The molecular formula is C13H13N3O4. The molecule has 0 bridgehead atoms. The molecule has 0 saturated heterocycles. The summed E-state index contributed by atoms with van der Waals surface area (Å²) in [6.07, 6.45) is 0. The maximum atomic E-state index is 11.2. The van der Waals surface area contributed by atoms with Gasteiger partial charge in [0.05, 0.1) is 18.5 Å². The Morgan fingerprint density at radius 3 is 2.55 bits per heavy atom. The van der Waals surface area contributed by atoms with Crippen LogP contribution in [0.5, 0.6) is 17.5 Å². The van der Waals surface area contributed by atoms with Gasteiger partial charge in [-0.3, -0.25) is 0 Å². The molecule has 7 nitrogen and oxygen atoms in total. The third-order valence-corrected chi connectivity index (χ3v) is 2.69. The van der Waals surface area contributed by atoms with Crippen LogP contribution >= 0.6 is 0 Å². The standard InChI is InChI=1S/C13H13N3O4/c1-7-8(2)15-16-13(14-7)20-11-5-4-9(19-3)6-10(11)12(17)18/h4-6H,1-3H3,(H,17,18). The number of rotatable bonds is 4. The molecule has 1 heterocycles. The van der Waals surface area contributed by atoms with Crippen LogP contribution in [0, 0.1) is 13.8 Å². The van der Waals surface area contributed by atoms with Gasteiger partial charge >= 0.3 is 12.0 Å². The zero-order chi connectivity index (χ0) is 14.7. The van der Waals surface area contributed by atoms with Crippen molar-refractivity contribution in [1.29, 1.82) is 0 Å². The van der Waals surface area contributed by atoms with E-state index in [0.29, 0.717) is 17.1 Å². The van der Waals surface area contributed by atoms with E-state index in [1.54, 1.807) is 19.9 Å². The highest BCUT2D eigenvalue weighted by atomic mass is 16.5. The van der Waals surface area contributed by atoms with Crippen molar-refractivity contribution in [2.24, 2.45) is 0 Å². The second kappa shape index (κ2) is 5.52. The highest BCUT2D eigenvalue weighted by molar-refractivity contribution is 5.91. The SMILES string of the molecule is COc1ccc(Oc2nnc(C)c(C)n2)c(C(=O)O)c1. The molecule has 0 spiro atoms. The van der Waals surface area contributed by atoms with E-state index in [1.165, 1.54) is 19.2 Å². The molecule has 2 aromatic rings. The van der Waals surface area contributed by atoms with Crippen LogP contribution in [0.4, 0.5) is 0 Å². The number of ether oxygens (including phenoxy) is 2. The lowest BCUT2D eigenvalue weighted by atomic mass is 10.2. The molecule has 0 aliphatic rings. The minimum absolute atomic E-state index is 0.000710. The second-order valence-corrected chi connectivity index (χ2v) is 4.03. The minimum atomic E-state index is -1.13. The van der Waals surface area contributed by atoms with Gasteiger partial charge in [-0.1, -0.05) is 5.10 Å². The fourth-order valence-electron chi connectivity index (χ4n) is 1.47. The van der Waals surface area contributed by atoms with Crippen LogP contribution in [0.1, 0.15) is 21.7 Å². The molecule has 1 N–H and O–H groups in total. The van der Waals surface area contributed by atoms with Crippen LogP contribution in [0.2, 0.25) is 0 Å². The molecule has 0 atom stereocenters. The summed E-state index contributed by atoms with van der Waals surface area (Å²) in [7, 11) is 1.46. The number of carboxylic acids is 1. The zero-order valence-electron chi connectivity index (χ0n) is 11.2. The average Bonchev–Trinajstić information content (AvgIpc) is 2.43. The number of hydrogen-bond acceptors (Lipinski definition) is 6. The van der Waals surface area contributed by atoms with Crippen LogP contribution in [0.25, 0.3) is 0 Å². The van der Waals surface area contributed by atoms with E-state index in [4.69, 9.17) is 9.47 Å². The molecule has 0 saturated carbocycles. The maximum absolute atomic E-state index is 11.2. The van der Waals surface area contributed by atoms with Gasteiger partial charge in [0.2, 0.25) is 0 Å². The summed E-state index contributed by atoms with van der Waals surface area (Å²) in [6, 6.07) is 4.45. The van der Waals surface area contributed by atoms with Crippen molar-refractivity contribution in [2.75, 3.05) is 7.11 Å². The van der Waals surface area contributed by atoms with Gasteiger partial charge in [-0.2, -0.15) is 4.98 Å². The Hall–Kier alpha value is -2.70. The first-order valence-electron chi connectivity index (χ1n) is 5.78. The molecule has 0 amide bonds. The first kappa shape index (κ1) is 13.7. The molecule has 0 aliphatic carbocycles. The van der Waals surface area contributed by atoms with E-state index in [9.17, 15) is 9.90 Å². The predicted molar refractivity (Wildman–Crippen MR) is 69.3 cm³/mol. The summed E-state index contributed by atoms with van der Waals surface area (Å²) >= 11 is 0. The van der Waals surface area contributed by atoms with Crippen LogP contribution in [-0.2, 0) is 0 Å². The van der Waals surface area contributed by atoms with Gasteiger partial charge < -0.3 is 14.6 Å². The Kier molecular flexibility index (Phi) is 3.79. The van der Waals surface area contributed by atoms with Gasteiger partial charge in [0.15, 0.2) is 0 Å². The largest absolute Gasteiger partial charge is 0.497 e. The molecule has 104 valence electrons. The van der Waals surface area contributed by atoms with Crippen molar-refractivity contribution in [3.63, 3.8) is 0 Å². The van der Waals surface area contributed by atoms with E-state index < -0.39 is 5.97 Å². The number of carboxylic acid groups (broad SMARTS) is 1. The summed E-state index contributed by atoms with van der Waals surface area (Å²) in [5.41, 5.74) is 1.32. The van der Waals surface area contributed by atoms with Gasteiger partial charge in [-0.05, 0) is 32.0 Å². The smallest absolute Gasteiger partial charge is 0.341 e. The highest BCUT2D eigenvalue weighted by Crippen LogP contribution is 2.27. The minimum Gasteiger partial charge on any atom is -0.497 e. The van der Waals surface area contributed by atoms with Gasteiger partial charge in [-0.15, -0.1) is 5.10 Å². The number of nitrogens with zero attached hydrogens (tertiary/aromatic N) is 3. The third-order valence-electron chi connectivity index (χ3n) is 2.69. The van der Waals surface area contributed by atoms with E-state index in [2.05, 4.69) is 15.2 Å². The Bertz CT molecular complexity index is 658. The Balaban J connectivity index is 2.37. The lowest BCUT2D eigenvalue weighted by molar-refractivity contribution is 0.0693. The number of aromatic nitrogens is 3. The summed E-state index contributed by atoms with van der Waals surface area (Å²) in [5.74, 6) is -0.576. The lowest BCUT2D eigenvalue weighted by Gasteiger charge is -2.09. The molecule has 2 rings (SSSR count). The third kappa shape index (κ3) is 2.82. The average molecular weight is 275 g/mol. The fraction of sp³-hybridized carbons (Fsp3) is 0.231. The summed E-state index contributed by atoms with van der Waals surface area (Å²) in [4.78, 5) is 15.3. The molecule has 0 unspecified atom stereocenters. The van der Waals surface area contributed by atoms with Gasteiger partial charge in [0.1, 0.15) is 17.1 Å². The number of aromatic carboxylic acids is 1. The fourth-order valence-corrected chi connectivity index (χ4v) is 1.47. The Labute approximate surface area is 115 Å². The monoisotopic (exact) mass is 275 g/mol. The van der Waals surface area contributed by atoms with Gasteiger partial charge in [-0.25, -0.2) is 4.79 Å². The first-order valence-corrected chi connectivity index (χ1v) is 5.78. The van der Waals surface area contributed by atoms with E-state index >= 15 is 0 Å². The summed E-state index contributed by atoms with van der Waals surface area (Å²) in [5, 5.41) is 16.8. The topological polar surface area (TPSA) is 94.4 Å². The number of methoxy groups -OCH3 is 1. The first-order chi connectivity index (χ1) is 9.51. The quantitative estimate of drug-likeness (QED) is 0.911. The van der Waals surface area contributed by atoms with Gasteiger partial charge in [0, 0.05) is 0 Å². The number of benzene rings is 1. The van der Waals surface area contributed by atoms with E-state index in [-0.39, 0.29) is 17.3 Å². The Morgan fingerprint density at radius 1 is 1.20 bits per heavy atom. The molecule has 1 aromatic heterocycles. The van der Waals surface area contributed by atoms with Crippen molar-refractivity contribution in [2.45, 2.75) is 13.8 Å². The van der Waals surface area contributed by atoms with Gasteiger partial charge in [0.25, 0.3) is 0 Å². The maximum Gasteiger partial charge on any atom is 0.341 e. The second-order valence-electron chi connectivity index (χ2n) is 4.03. The normalized spacial score (nSPS) is 10.2. The van der Waals surface area contributed by atoms with Crippen LogP contribution in [0.15, 0.2) is 18.2 Å². The molecule has 0 radical (unpaired) electrons. The number of hydrogen-bond donors (Lipinski definition) is 1.